The van der Waals surface area contributed by atoms with Crippen molar-refractivity contribution in [2.24, 2.45) is 0 Å². The first-order chi connectivity index (χ1) is 8.47. The van der Waals surface area contributed by atoms with E-state index < -0.39 is 0 Å². The maximum absolute atomic E-state index is 4.21. The standard InChI is InChI=1S/C13H19N5/c1-5-13(4,14)12-15-16-17-18(12)11-9(2)7-6-8-10(11)3/h6-8H,5,14H2,1-4H3/p+1/t13-/m0/s1. The molecule has 0 unspecified atom stereocenters. The molecule has 3 N–H and O–H groups in total. The van der Waals surface area contributed by atoms with Crippen LogP contribution in [0.15, 0.2) is 18.2 Å². The molecule has 0 aliphatic rings. The summed E-state index contributed by atoms with van der Waals surface area (Å²) >= 11 is 0. The molecule has 0 bridgehead atoms. The van der Waals surface area contributed by atoms with Gasteiger partial charge >= 0.3 is 0 Å². The van der Waals surface area contributed by atoms with Gasteiger partial charge in [0, 0.05) is 6.42 Å². The van der Waals surface area contributed by atoms with Crippen LogP contribution < -0.4 is 5.73 Å². The maximum Gasteiger partial charge on any atom is 0.216 e. The lowest BCUT2D eigenvalue weighted by atomic mass is 9.99. The fourth-order valence-electron chi connectivity index (χ4n) is 2.01. The van der Waals surface area contributed by atoms with Crippen LogP contribution in [0.1, 0.15) is 37.2 Å². The Labute approximate surface area is 107 Å². The summed E-state index contributed by atoms with van der Waals surface area (Å²) in [6.07, 6.45) is 0.887. The number of tetrazole rings is 1. The van der Waals surface area contributed by atoms with Gasteiger partial charge in [-0.3, -0.25) is 0 Å². The van der Waals surface area contributed by atoms with Crippen LogP contribution in [0, 0.1) is 13.8 Å². The van der Waals surface area contributed by atoms with Crippen molar-refractivity contribution in [3.05, 3.63) is 35.2 Å². The van der Waals surface area contributed by atoms with E-state index in [1.807, 2.05) is 10.7 Å². The first-order valence-corrected chi connectivity index (χ1v) is 6.18. The van der Waals surface area contributed by atoms with Crippen molar-refractivity contribution < 1.29 is 5.73 Å². The van der Waals surface area contributed by atoms with E-state index in [1.165, 1.54) is 0 Å². The summed E-state index contributed by atoms with van der Waals surface area (Å²) in [7, 11) is 0. The predicted molar refractivity (Wildman–Crippen MR) is 69.2 cm³/mol. The van der Waals surface area contributed by atoms with Gasteiger partial charge in [-0.2, -0.15) is 4.68 Å². The van der Waals surface area contributed by atoms with Crippen LogP contribution in [0.2, 0.25) is 0 Å². The normalized spacial score (nSPS) is 14.5. The van der Waals surface area contributed by atoms with Crippen LogP contribution in [0.3, 0.4) is 0 Å². The van der Waals surface area contributed by atoms with Crippen molar-refractivity contribution in [2.45, 2.75) is 39.7 Å². The molecule has 18 heavy (non-hydrogen) atoms. The van der Waals surface area contributed by atoms with Crippen molar-refractivity contribution in [2.75, 3.05) is 0 Å². The SMILES string of the molecule is CC[C@](C)([NH3+])c1nnnn1-c1c(C)cccc1C. The quantitative estimate of drug-likeness (QED) is 0.883. The van der Waals surface area contributed by atoms with E-state index >= 15 is 0 Å². The van der Waals surface area contributed by atoms with Gasteiger partial charge in [-0.05, 0) is 42.3 Å². The van der Waals surface area contributed by atoms with Gasteiger partial charge < -0.3 is 5.73 Å². The molecular weight excluding hydrogens is 226 g/mol. The third-order valence-electron chi connectivity index (χ3n) is 3.44. The zero-order chi connectivity index (χ0) is 13.3. The van der Waals surface area contributed by atoms with E-state index in [0.717, 1.165) is 29.1 Å². The number of rotatable bonds is 3. The number of aryl methyl sites for hydroxylation is 2. The molecule has 0 saturated carbocycles. The lowest BCUT2D eigenvalue weighted by Gasteiger charge is -2.19. The van der Waals surface area contributed by atoms with Crippen LogP contribution in [0.25, 0.3) is 5.69 Å². The summed E-state index contributed by atoms with van der Waals surface area (Å²) in [6, 6.07) is 6.18. The second-order valence-electron chi connectivity index (χ2n) is 5.07. The van der Waals surface area contributed by atoms with Crippen LogP contribution in [0.5, 0.6) is 0 Å². The Balaban J connectivity index is 2.63. The Morgan fingerprint density at radius 2 is 1.89 bits per heavy atom. The minimum Gasteiger partial charge on any atom is -0.347 e. The molecule has 0 amide bonds. The van der Waals surface area contributed by atoms with E-state index in [1.54, 1.807) is 0 Å². The van der Waals surface area contributed by atoms with Gasteiger partial charge in [0.05, 0.1) is 5.69 Å². The molecule has 5 nitrogen and oxygen atoms in total. The molecule has 0 radical (unpaired) electrons. The van der Waals surface area contributed by atoms with Gasteiger partial charge in [-0.1, -0.05) is 25.1 Å². The Hall–Kier alpha value is -1.75. The van der Waals surface area contributed by atoms with E-state index in [-0.39, 0.29) is 5.54 Å². The summed E-state index contributed by atoms with van der Waals surface area (Å²) < 4.78 is 1.82. The lowest BCUT2D eigenvalue weighted by molar-refractivity contribution is -0.485. The largest absolute Gasteiger partial charge is 0.347 e. The second kappa shape index (κ2) is 4.49. The Morgan fingerprint density at radius 3 is 2.44 bits per heavy atom. The summed E-state index contributed by atoms with van der Waals surface area (Å²) in [5.41, 5.74) is 7.31. The average molecular weight is 246 g/mol. The fraction of sp³-hybridized carbons (Fsp3) is 0.462. The van der Waals surface area contributed by atoms with Crippen molar-refractivity contribution in [1.82, 2.24) is 20.2 Å². The third-order valence-corrected chi connectivity index (χ3v) is 3.44. The molecule has 0 aliphatic carbocycles. The minimum atomic E-state index is -0.280. The van der Waals surface area contributed by atoms with Gasteiger partial charge in [0.25, 0.3) is 0 Å². The molecule has 1 atom stereocenters. The fourth-order valence-corrected chi connectivity index (χ4v) is 2.01. The van der Waals surface area contributed by atoms with E-state index in [4.69, 9.17) is 0 Å². The summed E-state index contributed by atoms with van der Waals surface area (Å²) in [5.74, 6) is 0.808. The van der Waals surface area contributed by atoms with Crippen LogP contribution in [-0.2, 0) is 5.54 Å². The Bertz CT molecular complexity index is 536. The lowest BCUT2D eigenvalue weighted by Crippen LogP contribution is -2.68. The summed E-state index contributed by atoms with van der Waals surface area (Å²) in [6.45, 7) is 8.29. The monoisotopic (exact) mass is 246 g/mol. The summed E-state index contributed by atoms with van der Waals surface area (Å²) in [4.78, 5) is 0. The number of nitrogens with zero attached hydrogens (tertiary/aromatic N) is 4. The number of para-hydroxylation sites is 1. The van der Waals surface area contributed by atoms with Gasteiger partial charge in [0.2, 0.25) is 5.82 Å². The van der Waals surface area contributed by atoms with E-state index in [9.17, 15) is 0 Å². The number of hydrogen-bond acceptors (Lipinski definition) is 3. The average Bonchev–Trinajstić information content (AvgIpc) is 2.78. The molecule has 0 aliphatic heterocycles. The number of aromatic nitrogens is 4. The van der Waals surface area contributed by atoms with Crippen LogP contribution in [-0.4, -0.2) is 20.2 Å². The van der Waals surface area contributed by atoms with Crippen LogP contribution >= 0.6 is 0 Å². The van der Waals surface area contributed by atoms with Gasteiger partial charge in [0.1, 0.15) is 0 Å². The molecule has 0 fully saturated rings. The molecule has 0 spiro atoms. The third kappa shape index (κ3) is 2.01. The molecule has 1 heterocycles. The Morgan fingerprint density at radius 1 is 1.28 bits per heavy atom. The first kappa shape index (κ1) is 12.7. The van der Waals surface area contributed by atoms with Crippen molar-refractivity contribution in [1.29, 1.82) is 0 Å². The van der Waals surface area contributed by atoms with Gasteiger partial charge in [0.15, 0.2) is 5.54 Å². The zero-order valence-corrected chi connectivity index (χ0v) is 11.4. The molecule has 96 valence electrons. The molecule has 2 rings (SSSR count). The van der Waals surface area contributed by atoms with Crippen molar-refractivity contribution in [3.63, 3.8) is 0 Å². The molecule has 1 aromatic heterocycles. The number of benzene rings is 1. The maximum atomic E-state index is 4.21. The first-order valence-electron chi connectivity index (χ1n) is 6.18. The highest BCUT2D eigenvalue weighted by molar-refractivity contribution is 5.46. The smallest absolute Gasteiger partial charge is 0.216 e. The predicted octanol–water partition coefficient (Wildman–Crippen LogP) is 1.15. The van der Waals surface area contributed by atoms with Crippen molar-refractivity contribution >= 4 is 0 Å². The second-order valence-corrected chi connectivity index (χ2v) is 5.07. The highest BCUT2D eigenvalue weighted by Crippen LogP contribution is 2.23. The van der Waals surface area contributed by atoms with E-state index in [2.05, 4.69) is 61.1 Å². The topological polar surface area (TPSA) is 71.2 Å². The molecule has 5 heteroatoms. The zero-order valence-electron chi connectivity index (χ0n) is 11.4. The van der Waals surface area contributed by atoms with Gasteiger partial charge in [-0.15, -0.1) is 5.10 Å². The minimum absolute atomic E-state index is 0.280. The molecule has 2 aromatic rings. The Kier molecular flexibility index (Phi) is 3.17. The molecular formula is C13H20N5+. The molecule has 0 saturated heterocycles. The highest BCUT2D eigenvalue weighted by atomic mass is 15.5. The van der Waals surface area contributed by atoms with Gasteiger partial charge in [-0.25, -0.2) is 0 Å². The molecule has 1 aromatic carbocycles. The number of quaternary nitrogens is 1. The highest BCUT2D eigenvalue weighted by Gasteiger charge is 2.31. The van der Waals surface area contributed by atoms with Crippen LogP contribution in [0.4, 0.5) is 0 Å². The van der Waals surface area contributed by atoms with Crippen molar-refractivity contribution in [3.8, 4) is 5.69 Å². The number of hydrogen-bond donors (Lipinski definition) is 1. The summed E-state index contributed by atoms with van der Waals surface area (Å²) in [5, 5.41) is 12.1. The van der Waals surface area contributed by atoms with E-state index in [0.29, 0.717) is 0 Å².